The zero-order valence-electron chi connectivity index (χ0n) is 23.8. The number of ether oxygens (including phenoxy) is 1. The van der Waals surface area contributed by atoms with Crippen LogP contribution in [0.25, 0.3) is 0 Å². The van der Waals surface area contributed by atoms with E-state index in [1.165, 1.54) is 11.8 Å². The van der Waals surface area contributed by atoms with Crippen molar-refractivity contribution in [2.24, 2.45) is 0 Å². The van der Waals surface area contributed by atoms with Crippen molar-refractivity contribution in [2.45, 2.75) is 31.6 Å². The highest BCUT2D eigenvalue weighted by Crippen LogP contribution is 2.28. The molecule has 3 heterocycles. The summed E-state index contributed by atoms with van der Waals surface area (Å²) in [5, 5.41) is 3.59. The summed E-state index contributed by atoms with van der Waals surface area (Å²) in [5.74, 6) is -0.433. The average molecular weight is 583 g/mol. The van der Waals surface area contributed by atoms with E-state index in [1.54, 1.807) is 17.3 Å². The Hall–Kier alpha value is -4.28. The summed E-state index contributed by atoms with van der Waals surface area (Å²) in [7, 11) is 0. The molecule has 4 aromatic rings. The zero-order valence-corrected chi connectivity index (χ0v) is 24.6. The first-order valence-corrected chi connectivity index (χ1v) is 14.9. The maximum Gasteiger partial charge on any atom is 0.251 e. The molecule has 2 amide bonds. The van der Waals surface area contributed by atoms with E-state index < -0.39 is 6.04 Å². The molecule has 0 saturated carbocycles. The van der Waals surface area contributed by atoms with E-state index in [4.69, 9.17) is 4.74 Å². The quantitative estimate of drug-likeness (QED) is 0.210. The van der Waals surface area contributed by atoms with Gasteiger partial charge in [0.05, 0.1) is 19.0 Å². The van der Waals surface area contributed by atoms with Gasteiger partial charge in [-0.1, -0.05) is 48.2 Å². The fourth-order valence-corrected chi connectivity index (χ4v) is 5.71. The van der Waals surface area contributed by atoms with Crippen molar-refractivity contribution in [1.29, 1.82) is 0 Å². The van der Waals surface area contributed by atoms with Gasteiger partial charge in [0.2, 0.25) is 5.91 Å². The predicted molar refractivity (Wildman–Crippen MR) is 164 cm³/mol. The molecule has 1 saturated heterocycles. The molecule has 1 aliphatic rings. The summed E-state index contributed by atoms with van der Waals surface area (Å²) in [6.07, 6.45) is 3.40. The smallest absolute Gasteiger partial charge is 0.251 e. The third kappa shape index (κ3) is 7.71. The molecular weight excluding hydrogens is 548 g/mol. The van der Waals surface area contributed by atoms with Gasteiger partial charge in [-0.15, -0.1) is 0 Å². The largest absolute Gasteiger partial charge is 0.378 e. The molecule has 10 heteroatoms. The summed E-state index contributed by atoms with van der Waals surface area (Å²) in [6, 6.07) is 21.9. The van der Waals surface area contributed by atoms with E-state index in [0.29, 0.717) is 29.6 Å². The van der Waals surface area contributed by atoms with E-state index >= 15 is 0 Å². The molecule has 0 spiro atoms. The Morgan fingerprint density at radius 3 is 2.36 bits per heavy atom. The van der Waals surface area contributed by atoms with E-state index in [0.717, 1.165) is 35.7 Å². The second-order valence-electron chi connectivity index (χ2n) is 10.1. The van der Waals surface area contributed by atoms with Gasteiger partial charge in [-0.2, -0.15) is 0 Å². The lowest BCUT2D eigenvalue weighted by Crippen LogP contribution is -2.41. The number of aromatic nitrogens is 3. The number of rotatable bonds is 10. The number of benzene rings is 2. The lowest BCUT2D eigenvalue weighted by Gasteiger charge is -2.31. The van der Waals surface area contributed by atoms with Crippen LogP contribution in [0.2, 0.25) is 0 Å². The molecule has 42 heavy (non-hydrogen) atoms. The number of thioether (sulfide) groups is 1. The molecule has 0 aliphatic carbocycles. The fourth-order valence-electron chi connectivity index (χ4n) is 4.88. The Balaban J connectivity index is 1.41. The predicted octanol–water partition coefficient (Wildman–Crippen LogP) is 4.83. The first-order chi connectivity index (χ1) is 20.5. The van der Waals surface area contributed by atoms with Crippen molar-refractivity contribution in [3.8, 4) is 0 Å². The van der Waals surface area contributed by atoms with Gasteiger partial charge in [-0.05, 0) is 61.4 Å². The Labute approximate surface area is 250 Å². The molecule has 1 atom stereocenters. The van der Waals surface area contributed by atoms with Gasteiger partial charge in [0.1, 0.15) is 6.04 Å². The molecule has 5 rings (SSSR count). The maximum atomic E-state index is 14.0. The van der Waals surface area contributed by atoms with Crippen molar-refractivity contribution in [2.75, 3.05) is 42.3 Å². The van der Waals surface area contributed by atoms with Crippen molar-refractivity contribution in [1.82, 2.24) is 19.9 Å². The molecule has 2 aromatic heterocycles. The number of aryl methyl sites for hydroxylation is 2. The lowest BCUT2D eigenvalue weighted by atomic mass is 10.0. The minimum atomic E-state index is -0.876. The van der Waals surface area contributed by atoms with Gasteiger partial charge in [0, 0.05) is 54.8 Å². The molecule has 9 nitrogen and oxygen atoms in total. The Kier molecular flexibility index (Phi) is 9.78. The minimum Gasteiger partial charge on any atom is -0.378 e. The molecule has 0 bridgehead atoms. The van der Waals surface area contributed by atoms with Crippen LogP contribution in [0.1, 0.15) is 28.6 Å². The monoisotopic (exact) mass is 582 g/mol. The van der Waals surface area contributed by atoms with Crippen LogP contribution in [0.15, 0.2) is 90.3 Å². The number of hydrogen-bond acceptors (Lipinski definition) is 8. The Morgan fingerprint density at radius 2 is 1.69 bits per heavy atom. The van der Waals surface area contributed by atoms with Gasteiger partial charge in [-0.25, -0.2) is 9.97 Å². The maximum absolute atomic E-state index is 14.0. The summed E-state index contributed by atoms with van der Waals surface area (Å²) in [5.41, 5.74) is 4.95. The van der Waals surface area contributed by atoms with Crippen LogP contribution in [0.3, 0.4) is 0 Å². The second kappa shape index (κ2) is 14.1. The van der Waals surface area contributed by atoms with Gasteiger partial charge in [0.25, 0.3) is 5.91 Å². The third-order valence-electron chi connectivity index (χ3n) is 6.87. The lowest BCUT2D eigenvalue weighted by molar-refractivity contribution is -0.137. The normalized spacial score (nSPS) is 13.8. The average Bonchev–Trinajstić information content (AvgIpc) is 3.01. The number of nitrogens with one attached hydrogen (secondary N) is 1. The Bertz CT molecular complexity index is 1460. The summed E-state index contributed by atoms with van der Waals surface area (Å²) < 4.78 is 5.46. The summed E-state index contributed by atoms with van der Waals surface area (Å²) in [6.45, 7) is 7.08. The molecule has 1 unspecified atom stereocenters. The number of carbonyl (C=O) groups excluding carboxylic acids is 2. The molecule has 0 radical (unpaired) electrons. The van der Waals surface area contributed by atoms with Crippen LogP contribution in [-0.2, 0) is 20.9 Å². The van der Waals surface area contributed by atoms with Crippen LogP contribution >= 0.6 is 11.8 Å². The number of nitrogens with zero attached hydrogens (tertiary/aromatic N) is 5. The van der Waals surface area contributed by atoms with Crippen LogP contribution in [-0.4, -0.2) is 63.7 Å². The molecule has 2 aromatic carbocycles. The minimum absolute atomic E-state index is 0.0774. The Morgan fingerprint density at radius 1 is 0.976 bits per heavy atom. The van der Waals surface area contributed by atoms with Crippen LogP contribution in [0.4, 0.5) is 11.4 Å². The van der Waals surface area contributed by atoms with E-state index in [-0.39, 0.29) is 24.1 Å². The number of pyridine rings is 1. The number of amides is 2. The molecule has 216 valence electrons. The molecular formula is C32H34N6O3S. The van der Waals surface area contributed by atoms with Gasteiger partial charge in [-0.3, -0.25) is 14.6 Å². The van der Waals surface area contributed by atoms with Crippen molar-refractivity contribution >= 4 is 35.0 Å². The van der Waals surface area contributed by atoms with Gasteiger partial charge < -0.3 is 19.9 Å². The molecule has 1 aliphatic heterocycles. The molecule has 1 fully saturated rings. The summed E-state index contributed by atoms with van der Waals surface area (Å²) >= 11 is 1.26. The number of anilines is 2. The van der Waals surface area contributed by atoms with Gasteiger partial charge in [0.15, 0.2) is 5.16 Å². The van der Waals surface area contributed by atoms with Crippen molar-refractivity contribution < 1.29 is 14.3 Å². The first kappa shape index (κ1) is 29.2. The highest BCUT2D eigenvalue weighted by atomic mass is 32.2. The molecule has 1 N–H and O–H groups in total. The third-order valence-corrected chi connectivity index (χ3v) is 7.70. The van der Waals surface area contributed by atoms with Crippen LogP contribution in [0.5, 0.6) is 0 Å². The van der Waals surface area contributed by atoms with E-state index in [2.05, 4.69) is 25.2 Å². The number of morpholine rings is 1. The second-order valence-corrected chi connectivity index (χ2v) is 11.0. The van der Waals surface area contributed by atoms with Crippen LogP contribution < -0.4 is 10.2 Å². The standard InChI is InChI=1S/C32H34N6O3S/c1-23-19-24(2)35-32(34-23)42-22-29(39)38(21-25-7-6-14-33-20-25)30(26-8-4-3-5-9-26)31(40)36-27-10-12-28(13-11-27)37-15-17-41-18-16-37/h3-14,19-20,30H,15-18,21-22H2,1-2H3,(H,36,40). The van der Waals surface area contributed by atoms with Gasteiger partial charge >= 0.3 is 0 Å². The zero-order chi connectivity index (χ0) is 29.3. The first-order valence-electron chi connectivity index (χ1n) is 13.9. The SMILES string of the molecule is Cc1cc(C)nc(SCC(=O)N(Cc2cccnc2)C(C(=O)Nc2ccc(N3CCOCC3)cc2)c2ccccc2)n1. The van der Waals surface area contributed by atoms with Crippen molar-refractivity contribution in [3.63, 3.8) is 0 Å². The summed E-state index contributed by atoms with van der Waals surface area (Å²) in [4.78, 5) is 45.0. The van der Waals surface area contributed by atoms with E-state index in [9.17, 15) is 9.59 Å². The van der Waals surface area contributed by atoms with Crippen LogP contribution in [0, 0.1) is 13.8 Å². The highest BCUT2D eigenvalue weighted by molar-refractivity contribution is 7.99. The number of carbonyl (C=O) groups is 2. The highest BCUT2D eigenvalue weighted by Gasteiger charge is 2.32. The topological polar surface area (TPSA) is 101 Å². The van der Waals surface area contributed by atoms with E-state index in [1.807, 2.05) is 86.6 Å². The fraction of sp³-hybridized carbons (Fsp3) is 0.281. The number of hydrogen-bond donors (Lipinski definition) is 1. The van der Waals surface area contributed by atoms with Crippen molar-refractivity contribution in [3.05, 3.63) is 108 Å².